The van der Waals surface area contributed by atoms with E-state index in [2.05, 4.69) is 34.6 Å². The summed E-state index contributed by atoms with van der Waals surface area (Å²) in [7, 11) is 0. The summed E-state index contributed by atoms with van der Waals surface area (Å²) < 4.78 is 0. The van der Waals surface area contributed by atoms with Crippen LogP contribution in [0.3, 0.4) is 0 Å². The van der Waals surface area contributed by atoms with Crippen molar-refractivity contribution < 1.29 is 9.59 Å². The van der Waals surface area contributed by atoms with Crippen LogP contribution in [0.5, 0.6) is 0 Å². The molecule has 2 aromatic rings. The summed E-state index contributed by atoms with van der Waals surface area (Å²) in [5.74, 6) is 0.471. The topological polar surface area (TPSA) is 61.4 Å². The van der Waals surface area contributed by atoms with Gasteiger partial charge in [0.2, 0.25) is 5.91 Å². The van der Waals surface area contributed by atoms with Crippen molar-refractivity contribution in [2.45, 2.75) is 51.2 Å². The number of benzene rings is 2. The summed E-state index contributed by atoms with van der Waals surface area (Å²) in [5.41, 5.74) is 2.31. The first-order valence-corrected chi connectivity index (χ1v) is 10.6. The largest absolute Gasteiger partial charge is 0.349 e. The lowest BCUT2D eigenvalue weighted by molar-refractivity contribution is -0.118. The number of anilines is 1. The molecule has 152 valence electrons. The highest BCUT2D eigenvalue weighted by Gasteiger charge is 2.33. The van der Waals surface area contributed by atoms with E-state index in [1.54, 1.807) is 12.1 Å². The van der Waals surface area contributed by atoms with Crippen LogP contribution >= 0.6 is 0 Å². The second-order valence-electron chi connectivity index (χ2n) is 8.31. The molecule has 2 saturated carbocycles. The van der Waals surface area contributed by atoms with Crippen LogP contribution in [0.2, 0.25) is 0 Å². The van der Waals surface area contributed by atoms with Crippen molar-refractivity contribution >= 4 is 17.5 Å². The second-order valence-corrected chi connectivity index (χ2v) is 8.31. The van der Waals surface area contributed by atoms with Gasteiger partial charge in [-0.25, -0.2) is 0 Å². The van der Waals surface area contributed by atoms with Gasteiger partial charge in [-0.2, -0.15) is 0 Å². The summed E-state index contributed by atoms with van der Waals surface area (Å²) >= 11 is 0. The predicted molar refractivity (Wildman–Crippen MR) is 115 cm³/mol. The Labute approximate surface area is 172 Å². The van der Waals surface area contributed by atoms with Gasteiger partial charge in [-0.15, -0.1) is 0 Å². The van der Waals surface area contributed by atoms with Crippen molar-refractivity contribution in [1.82, 2.24) is 10.2 Å². The fourth-order valence-corrected chi connectivity index (χ4v) is 3.69. The Morgan fingerprint density at radius 1 is 1.00 bits per heavy atom. The van der Waals surface area contributed by atoms with E-state index in [0.29, 0.717) is 29.8 Å². The Hall–Kier alpha value is -2.66. The van der Waals surface area contributed by atoms with Gasteiger partial charge in [-0.05, 0) is 56.2 Å². The molecule has 0 bridgehead atoms. The normalized spacial score (nSPS) is 17.0. The van der Waals surface area contributed by atoms with Crippen LogP contribution in [0.1, 0.15) is 48.5 Å². The number of carbonyl (C=O) groups excluding carboxylic acids is 2. The molecule has 5 heteroatoms. The first-order chi connectivity index (χ1) is 14.1. The van der Waals surface area contributed by atoms with Crippen LogP contribution in [-0.4, -0.2) is 35.3 Å². The van der Waals surface area contributed by atoms with E-state index in [1.165, 1.54) is 18.4 Å². The number of carbonyl (C=O) groups is 2. The van der Waals surface area contributed by atoms with Crippen molar-refractivity contribution in [2.24, 2.45) is 5.92 Å². The van der Waals surface area contributed by atoms with Crippen molar-refractivity contribution in [2.75, 3.05) is 11.9 Å². The molecule has 0 saturated heterocycles. The zero-order chi connectivity index (χ0) is 20.2. The molecule has 5 nitrogen and oxygen atoms in total. The number of nitrogens with zero attached hydrogens (tertiary/aromatic N) is 1. The van der Waals surface area contributed by atoms with Crippen LogP contribution in [0.4, 0.5) is 5.69 Å². The van der Waals surface area contributed by atoms with Gasteiger partial charge in [-0.1, -0.05) is 42.5 Å². The van der Waals surface area contributed by atoms with E-state index in [0.717, 1.165) is 19.4 Å². The van der Waals surface area contributed by atoms with E-state index < -0.39 is 0 Å². The van der Waals surface area contributed by atoms with Crippen molar-refractivity contribution in [1.29, 1.82) is 0 Å². The van der Waals surface area contributed by atoms with Crippen molar-refractivity contribution in [3.05, 3.63) is 65.7 Å². The minimum absolute atomic E-state index is 0.0832. The van der Waals surface area contributed by atoms with Crippen LogP contribution in [0.15, 0.2) is 54.6 Å². The van der Waals surface area contributed by atoms with Gasteiger partial charge in [0.25, 0.3) is 5.91 Å². The zero-order valence-electron chi connectivity index (χ0n) is 16.9. The molecular weight excluding hydrogens is 362 g/mol. The Kier molecular flexibility index (Phi) is 5.95. The molecule has 29 heavy (non-hydrogen) atoms. The predicted octanol–water partition coefficient (Wildman–Crippen LogP) is 3.82. The van der Waals surface area contributed by atoms with Crippen LogP contribution in [-0.2, 0) is 11.3 Å². The smallest absolute Gasteiger partial charge is 0.253 e. The second kappa shape index (κ2) is 8.78. The monoisotopic (exact) mass is 391 g/mol. The third kappa shape index (κ3) is 5.45. The van der Waals surface area contributed by atoms with E-state index in [4.69, 9.17) is 0 Å². The van der Waals surface area contributed by atoms with Crippen LogP contribution in [0.25, 0.3) is 0 Å². The fourth-order valence-electron chi connectivity index (χ4n) is 3.69. The average molecular weight is 392 g/mol. The molecule has 0 radical (unpaired) electrons. The quantitative estimate of drug-likeness (QED) is 0.683. The first-order valence-electron chi connectivity index (χ1n) is 10.6. The number of hydrogen-bond acceptors (Lipinski definition) is 3. The summed E-state index contributed by atoms with van der Waals surface area (Å²) in [6, 6.07) is 18.1. The van der Waals surface area contributed by atoms with Crippen molar-refractivity contribution in [3.63, 3.8) is 0 Å². The SMILES string of the molecule is CC(C1CC1)N(CC(=O)Nc1ccccc1C(=O)NC1CC1)Cc1ccccc1. The Bertz CT molecular complexity index is 859. The minimum atomic E-state index is -0.115. The van der Waals surface area contributed by atoms with Gasteiger partial charge in [0.05, 0.1) is 17.8 Å². The average Bonchev–Trinajstić information content (AvgIpc) is 3.62. The summed E-state index contributed by atoms with van der Waals surface area (Å²) in [6.07, 6.45) is 4.54. The lowest BCUT2D eigenvalue weighted by atomic mass is 10.1. The van der Waals surface area contributed by atoms with Gasteiger partial charge in [0, 0.05) is 18.6 Å². The third-order valence-corrected chi connectivity index (χ3v) is 5.81. The maximum Gasteiger partial charge on any atom is 0.253 e. The molecule has 2 aliphatic rings. The Morgan fingerprint density at radius 2 is 1.69 bits per heavy atom. The highest BCUT2D eigenvalue weighted by Crippen LogP contribution is 2.35. The highest BCUT2D eigenvalue weighted by molar-refractivity contribution is 6.04. The lowest BCUT2D eigenvalue weighted by Gasteiger charge is -2.29. The molecule has 2 fully saturated rings. The molecular formula is C24H29N3O2. The van der Waals surface area contributed by atoms with Crippen molar-refractivity contribution in [3.8, 4) is 0 Å². The molecule has 4 rings (SSSR count). The first kappa shape index (κ1) is 19.6. The van der Waals surface area contributed by atoms with E-state index in [9.17, 15) is 9.59 Å². The lowest BCUT2D eigenvalue weighted by Crippen LogP contribution is -2.40. The minimum Gasteiger partial charge on any atom is -0.349 e. The van der Waals surface area contributed by atoms with Crippen LogP contribution in [0, 0.1) is 5.92 Å². The molecule has 2 amide bonds. The summed E-state index contributed by atoms with van der Waals surface area (Å²) in [6.45, 7) is 3.27. The van der Waals surface area contributed by atoms with Crippen LogP contribution < -0.4 is 10.6 Å². The summed E-state index contributed by atoms with van der Waals surface area (Å²) in [4.78, 5) is 27.6. The molecule has 1 unspecified atom stereocenters. The maximum atomic E-state index is 12.9. The maximum absolute atomic E-state index is 12.9. The molecule has 2 N–H and O–H groups in total. The molecule has 2 aliphatic carbocycles. The van der Waals surface area contributed by atoms with Gasteiger partial charge in [0.1, 0.15) is 0 Å². The number of para-hydroxylation sites is 1. The Balaban J connectivity index is 1.43. The van der Waals surface area contributed by atoms with E-state index >= 15 is 0 Å². The highest BCUT2D eigenvalue weighted by atomic mass is 16.2. The summed E-state index contributed by atoms with van der Waals surface area (Å²) in [5, 5.41) is 5.97. The fraction of sp³-hybridized carbons (Fsp3) is 0.417. The number of hydrogen-bond donors (Lipinski definition) is 2. The molecule has 0 spiro atoms. The van der Waals surface area contributed by atoms with E-state index in [1.807, 2.05) is 30.3 Å². The number of nitrogens with one attached hydrogen (secondary N) is 2. The molecule has 1 atom stereocenters. The number of rotatable bonds is 9. The molecule has 0 heterocycles. The van der Waals surface area contributed by atoms with Gasteiger partial charge < -0.3 is 10.6 Å². The molecule has 0 aliphatic heterocycles. The van der Waals surface area contributed by atoms with Gasteiger partial charge in [-0.3, -0.25) is 14.5 Å². The molecule has 2 aromatic carbocycles. The zero-order valence-corrected chi connectivity index (χ0v) is 16.9. The van der Waals surface area contributed by atoms with Gasteiger partial charge in [0.15, 0.2) is 0 Å². The van der Waals surface area contributed by atoms with Gasteiger partial charge >= 0.3 is 0 Å². The standard InChI is InChI=1S/C24H29N3O2/c1-17(19-11-12-19)27(15-18-7-3-2-4-8-18)16-23(28)26-22-10-6-5-9-21(22)24(29)25-20-13-14-20/h2-10,17,19-20H,11-16H2,1H3,(H,25,29)(H,26,28). The van der Waals surface area contributed by atoms with E-state index in [-0.39, 0.29) is 17.9 Å². The Morgan fingerprint density at radius 3 is 2.38 bits per heavy atom. The molecule has 0 aromatic heterocycles. The third-order valence-electron chi connectivity index (χ3n) is 5.81. The number of amides is 2.